The lowest BCUT2D eigenvalue weighted by atomic mass is 10.1. The van der Waals surface area contributed by atoms with Gasteiger partial charge < -0.3 is 15.1 Å². The topological polar surface area (TPSA) is 65.5 Å². The first-order valence-electron chi connectivity index (χ1n) is 10.3. The number of hydrogen-bond donors (Lipinski definition) is 1. The van der Waals surface area contributed by atoms with Gasteiger partial charge in [-0.2, -0.15) is 13.2 Å². The molecule has 2 heterocycles. The lowest BCUT2D eigenvalue weighted by Crippen LogP contribution is -2.49. The van der Waals surface area contributed by atoms with Gasteiger partial charge in [-0.05, 0) is 36.8 Å². The number of benzene rings is 1. The quantitative estimate of drug-likeness (QED) is 0.706. The van der Waals surface area contributed by atoms with Gasteiger partial charge in [0.2, 0.25) is 0 Å². The van der Waals surface area contributed by atoms with Crippen LogP contribution in [0, 0.1) is 0 Å². The van der Waals surface area contributed by atoms with Crippen LogP contribution in [0.3, 0.4) is 0 Å². The normalized spacial score (nSPS) is 14.5. The summed E-state index contributed by atoms with van der Waals surface area (Å²) in [6, 6.07) is 7.96. The largest absolute Gasteiger partial charge is 0.416 e. The van der Waals surface area contributed by atoms with E-state index in [2.05, 4.69) is 17.2 Å². The second-order valence-corrected chi connectivity index (χ2v) is 7.37. The smallest absolute Gasteiger partial charge is 0.353 e. The summed E-state index contributed by atoms with van der Waals surface area (Å²) in [4.78, 5) is 32.6. The zero-order chi connectivity index (χ0) is 22.4. The van der Waals surface area contributed by atoms with Gasteiger partial charge in [0.15, 0.2) is 0 Å². The van der Waals surface area contributed by atoms with Crippen molar-refractivity contribution >= 4 is 17.6 Å². The number of rotatable bonds is 6. The molecule has 0 aliphatic carbocycles. The maximum absolute atomic E-state index is 12.9. The van der Waals surface area contributed by atoms with Crippen LogP contribution in [0.2, 0.25) is 0 Å². The number of carbonyl (C=O) groups is 2. The molecule has 2 amide bonds. The van der Waals surface area contributed by atoms with Gasteiger partial charge in [-0.25, -0.2) is 4.98 Å². The molecule has 2 aromatic rings. The molecule has 0 unspecified atom stereocenters. The fourth-order valence-corrected chi connectivity index (χ4v) is 3.34. The zero-order valence-corrected chi connectivity index (χ0v) is 17.3. The molecule has 31 heavy (non-hydrogen) atoms. The fraction of sp³-hybridized carbons (Fsp3) is 0.409. The highest BCUT2D eigenvalue weighted by molar-refractivity contribution is 5.95. The number of piperazine rings is 1. The third-order valence-electron chi connectivity index (χ3n) is 5.15. The number of halogens is 3. The average molecular weight is 434 g/mol. The van der Waals surface area contributed by atoms with Crippen molar-refractivity contribution in [3.63, 3.8) is 0 Å². The first kappa shape index (κ1) is 22.6. The maximum atomic E-state index is 12.9. The van der Waals surface area contributed by atoms with E-state index < -0.39 is 17.6 Å². The van der Waals surface area contributed by atoms with Gasteiger partial charge in [0.1, 0.15) is 5.82 Å². The highest BCUT2D eigenvalue weighted by Gasteiger charge is 2.31. The summed E-state index contributed by atoms with van der Waals surface area (Å²) in [7, 11) is 0. The molecule has 9 heteroatoms. The summed E-state index contributed by atoms with van der Waals surface area (Å²) in [6.07, 6.45) is -1.04. The average Bonchev–Trinajstić information content (AvgIpc) is 2.78. The number of amides is 2. The van der Waals surface area contributed by atoms with Crippen molar-refractivity contribution in [2.24, 2.45) is 0 Å². The number of unbranched alkanes of at least 4 members (excludes halogenated alkanes) is 1. The molecule has 1 fully saturated rings. The second-order valence-electron chi connectivity index (χ2n) is 7.37. The van der Waals surface area contributed by atoms with Crippen molar-refractivity contribution < 1.29 is 22.8 Å². The summed E-state index contributed by atoms with van der Waals surface area (Å²) in [5.41, 5.74) is -0.321. The van der Waals surface area contributed by atoms with Gasteiger partial charge in [0.05, 0.1) is 11.1 Å². The minimum Gasteiger partial charge on any atom is -0.353 e. The zero-order valence-electron chi connectivity index (χ0n) is 17.3. The molecule has 1 aliphatic rings. The number of anilines is 1. The number of alkyl halides is 3. The first-order chi connectivity index (χ1) is 14.8. The monoisotopic (exact) mass is 434 g/mol. The standard InChI is InChI=1S/C22H25F3N4O2/c1-2-3-9-26-20(30)17-7-8-19(27-15-17)28-10-12-29(13-11-28)21(31)16-5-4-6-18(14-16)22(23,24)25/h4-8,14-15H,2-3,9-13H2,1H3,(H,26,30). The highest BCUT2D eigenvalue weighted by Crippen LogP contribution is 2.30. The summed E-state index contributed by atoms with van der Waals surface area (Å²) >= 11 is 0. The lowest BCUT2D eigenvalue weighted by molar-refractivity contribution is -0.137. The van der Waals surface area contributed by atoms with E-state index in [4.69, 9.17) is 0 Å². The van der Waals surface area contributed by atoms with Crippen LogP contribution in [-0.4, -0.2) is 54.4 Å². The Kier molecular flexibility index (Phi) is 7.14. The molecule has 1 saturated heterocycles. The van der Waals surface area contributed by atoms with Crippen molar-refractivity contribution in [3.8, 4) is 0 Å². The molecule has 0 bridgehead atoms. The molecule has 0 saturated carbocycles. The Morgan fingerprint density at radius 3 is 2.42 bits per heavy atom. The lowest BCUT2D eigenvalue weighted by Gasteiger charge is -2.35. The van der Waals surface area contributed by atoms with Crippen LogP contribution in [0.4, 0.5) is 19.0 Å². The van der Waals surface area contributed by atoms with Crippen LogP contribution in [0.5, 0.6) is 0 Å². The van der Waals surface area contributed by atoms with Gasteiger partial charge in [-0.3, -0.25) is 9.59 Å². The molecule has 0 atom stereocenters. The molecule has 1 aliphatic heterocycles. The van der Waals surface area contributed by atoms with E-state index in [1.165, 1.54) is 18.3 Å². The first-order valence-corrected chi connectivity index (χ1v) is 10.3. The Balaban J connectivity index is 1.57. The summed E-state index contributed by atoms with van der Waals surface area (Å²) in [5, 5.41) is 2.84. The third kappa shape index (κ3) is 5.74. The maximum Gasteiger partial charge on any atom is 0.416 e. The highest BCUT2D eigenvalue weighted by atomic mass is 19.4. The molecule has 0 radical (unpaired) electrons. The number of pyridine rings is 1. The predicted octanol–water partition coefficient (Wildman–Crippen LogP) is 3.59. The number of nitrogens with zero attached hydrogens (tertiary/aromatic N) is 3. The second kappa shape index (κ2) is 9.80. The van der Waals surface area contributed by atoms with Crippen molar-refractivity contribution in [2.75, 3.05) is 37.6 Å². The SMILES string of the molecule is CCCCNC(=O)c1ccc(N2CCN(C(=O)c3cccc(C(F)(F)F)c3)CC2)nc1. The van der Waals surface area contributed by atoms with E-state index in [0.29, 0.717) is 44.1 Å². The Hall–Kier alpha value is -3.10. The Morgan fingerprint density at radius 1 is 1.06 bits per heavy atom. The number of hydrogen-bond acceptors (Lipinski definition) is 4. The van der Waals surface area contributed by atoms with Gasteiger partial charge in [-0.15, -0.1) is 0 Å². The van der Waals surface area contributed by atoms with Gasteiger partial charge in [0, 0.05) is 44.5 Å². The van der Waals surface area contributed by atoms with E-state index in [9.17, 15) is 22.8 Å². The summed E-state index contributed by atoms with van der Waals surface area (Å²) < 4.78 is 38.7. The van der Waals surface area contributed by atoms with Crippen LogP contribution in [0.25, 0.3) is 0 Å². The third-order valence-corrected chi connectivity index (χ3v) is 5.15. The van der Waals surface area contributed by atoms with Crippen LogP contribution >= 0.6 is 0 Å². The Morgan fingerprint density at radius 2 is 1.81 bits per heavy atom. The van der Waals surface area contributed by atoms with Gasteiger partial charge >= 0.3 is 6.18 Å². The van der Waals surface area contributed by atoms with Crippen LogP contribution in [-0.2, 0) is 6.18 Å². The molecule has 1 aromatic heterocycles. The molecule has 1 N–H and O–H groups in total. The van der Waals surface area contributed by atoms with Crippen molar-refractivity contribution in [3.05, 3.63) is 59.3 Å². The van der Waals surface area contributed by atoms with E-state index in [0.717, 1.165) is 25.0 Å². The molecular formula is C22H25F3N4O2. The number of nitrogens with one attached hydrogen (secondary N) is 1. The van der Waals surface area contributed by atoms with E-state index in [-0.39, 0.29) is 11.5 Å². The van der Waals surface area contributed by atoms with Crippen LogP contribution < -0.4 is 10.2 Å². The molecule has 1 aromatic carbocycles. The molecular weight excluding hydrogens is 409 g/mol. The van der Waals surface area contributed by atoms with E-state index in [1.807, 2.05) is 4.90 Å². The van der Waals surface area contributed by atoms with Gasteiger partial charge in [-0.1, -0.05) is 19.4 Å². The molecule has 166 valence electrons. The molecule has 0 spiro atoms. The summed E-state index contributed by atoms with van der Waals surface area (Å²) in [6.45, 7) is 4.42. The Labute approximate surface area is 179 Å². The predicted molar refractivity (Wildman–Crippen MR) is 111 cm³/mol. The van der Waals surface area contributed by atoms with Crippen LogP contribution in [0.15, 0.2) is 42.6 Å². The van der Waals surface area contributed by atoms with Crippen molar-refractivity contribution in [1.29, 1.82) is 0 Å². The minimum atomic E-state index is -4.49. The van der Waals surface area contributed by atoms with Crippen LogP contribution in [0.1, 0.15) is 46.0 Å². The van der Waals surface area contributed by atoms with E-state index in [1.54, 1.807) is 17.0 Å². The minimum absolute atomic E-state index is 0.0276. The Bertz CT molecular complexity index is 908. The number of carbonyl (C=O) groups excluding carboxylic acids is 2. The number of aromatic nitrogens is 1. The van der Waals surface area contributed by atoms with Crippen molar-refractivity contribution in [1.82, 2.24) is 15.2 Å². The van der Waals surface area contributed by atoms with E-state index >= 15 is 0 Å². The summed E-state index contributed by atoms with van der Waals surface area (Å²) in [5.74, 6) is 0.109. The van der Waals surface area contributed by atoms with Gasteiger partial charge in [0.25, 0.3) is 11.8 Å². The fourth-order valence-electron chi connectivity index (χ4n) is 3.34. The van der Waals surface area contributed by atoms with Crippen molar-refractivity contribution in [2.45, 2.75) is 25.9 Å². The molecule has 3 rings (SSSR count). The molecule has 6 nitrogen and oxygen atoms in total.